The molecule has 0 spiro atoms. The highest BCUT2D eigenvalue weighted by molar-refractivity contribution is 7.91. The maximum atomic E-state index is 11.4. The Kier molecular flexibility index (Phi) is 3.62. The molecule has 0 bridgehead atoms. The van der Waals surface area contributed by atoms with Crippen molar-refractivity contribution in [3.05, 3.63) is 11.8 Å². The summed E-state index contributed by atoms with van der Waals surface area (Å²) in [5.74, 6) is 0.977. The van der Waals surface area contributed by atoms with E-state index in [4.69, 9.17) is 5.73 Å². The minimum atomic E-state index is -2.85. The SMILES string of the molecule is NC(=O)c1cnn2c1NC[C@H](CN[C@@H]1CCS(=O)(=O)C1)C2. The number of carbonyl (C=O) groups excluding carboxylic acids is 1. The molecule has 9 heteroatoms. The van der Waals surface area contributed by atoms with Crippen molar-refractivity contribution in [2.24, 2.45) is 11.7 Å². The minimum absolute atomic E-state index is 0.0511. The predicted octanol–water partition coefficient (Wildman–Crippen LogP) is -1.20. The van der Waals surface area contributed by atoms with Crippen molar-refractivity contribution < 1.29 is 13.2 Å². The van der Waals surface area contributed by atoms with Crippen molar-refractivity contribution in [2.75, 3.05) is 29.9 Å². The summed E-state index contributed by atoms with van der Waals surface area (Å²) in [7, 11) is -2.85. The van der Waals surface area contributed by atoms with Gasteiger partial charge in [0, 0.05) is 31.6 Å². The van der Waals surface area contributed by atoms with E-state index < -0.39 is 15.7 Å². The van der Waals surface area contributed by atoms with Crippen LogP contribution in [0.5, 0.6) is 0 Å². The Morgan fingerprint density at radius 1 is 1.57 bits per heavy atom. The number of sulfone groups is 1. The second-order valence-corrected chi connectivity index (χ2v) is 7.94. The Hall–Kier alpha value is -1.61. The van der Waals surface area contributed by atoms with Crippen molar-refractivity contribution in [3.63, 3.8) is 0 Å². The Labute approximate surface area is 123 Å². The Morgan fingerprint density at radius 2 is 2.38 bits per heavy atom. The van der Waals surface area contributed by atoms with Crippen molar-refractivity contribution in [2.45, 2.75) is 19.0 Å². The molecule has 0 saturated carbocycles. The molecule has 2 aliphatic rings. The van der Waals surface area contributed by atoms with Crippen molar-refractivity contribution >= 4 is 21.6 Å². The number of hydrogen-bond donors (Lipinski definition) is 3. The number of primary amides is 1. The van der Waals surface area contributed by atoms with Crippen LogP contribution in [0, 0.1) is 5.92 Å². The highest BCUT2D eigenvalue weighted by Crippen LogP contribution is 2.21. The molecule has 2 atom stereocenters. The van der Waals surface area contributed by atoms with E-state index in [1.807, 2.05) is 0 Å². The average molecular weight is 313 g/mol. The molecule has 4 N–H and O–H groups in total. The Bertz CT molecular complexity index is 654. The molecule has 0 unspecified atom stereocenters. The van der Waals surface area contributed by atoms with Gasteiger partial charge in [0.05, 0.1) is 17.7 Å². The molecule has 8 nitrogen and oxygen atoms in total. The van der Waals surface area contributed by atoms with Gasteiger partial charge in [0.25, 0.3) is 5.91 Å². The number of nitrogens with zero attached hydrogens (tertiary/aromatic N) is 2. The fraction of sp³-hybridized carbons (Fsp3) is 0.667. The zero-order chi connectivity index (χ0) is 15.0. The van der Waals surface area contributed by atoms with Gasteiger partial charge in [-0.25, -0.2) is 13.1 Å². The van der Waals surface area contributed by atoms with Crippen LogP contribution < -0.4 is 16.4 Å². The largest absolute Gasteiger partial charge is 0.369 e. The van der Waals surface area contributed by atoms with Crippen LogP contribution in [0.2, 0.25) is 0 Å². The lowest BCUT2D eigenvalue weighted by Crippen LogP contribution is -2.40. The number of rotatable bonds is 4. The predicted molar refractivity (Wildman–Crippen MR) is 77.8 cm³/mol. The number of anilines is 1. The molecule has 2 aliphatic heterocycles. The van der Waals surface area contributed by atoms with Gasteiger partial charge >= 0.3 is 0 Å². The van der Waals surface area contributed by atoms with E-state index in [0.29, 0.717) is 36.8 Å². The summed E-state index contributed by atoms with van der Waals surface area (Å²) in [6.07, 6.45) is 2.16. The van der Waals surface area contributed by atoms with E-state index in [9.17, 15) is 13.2 Å². The number of nitrogens with one attached hydrogen (secondary N) is 2. The molecule has 116 valence electrons. The number of fused-ring (bicyclic) bond motifs is 1. The Balaban J connectivity index is 1.56. The topological polar surface area (TPSA) is 119 Å². The summed E-state index contributed by atoms with van der Waals surface area (Å²) in [4.78, 5) is 11.2. The van der Waals surface area contributed by atoms with Gasteiger partial charge in [-0.1, -0.05) is 0 Å². The second kappa shape index (κ2) is 5.30. The van der Waals surface area contributed by atoms with E-state index in [1.54, 1.807) is 4.68 Å². The third-order valence-corrected chi connectivity index (χ3v) is 5.79. The number of aromatic nitrogens is 2. The normalized spacial score (nSPS) is 27.0. The van der Waals surface area contributed by atoms with Gasteiger partial charge in [0.15, 0.2) is 9.84 Å². The van der Waals surface area contributed by atoms with Crippen molar-refractivity contribution in [3.8, 4) is 0 Å². The lowest BCUT2D eigenvalue weighted by Gasteiger charge is -2.26. The molecule has 21 heavy (non-hydrogen) atoms. The lowest BCUT2D eigenvalue weighted by molar-refractivity contribution is 0.100. The van der Waals surface area contributed by atoms with Crippen LogP contribution in [0.15, 0.2) is 6.20 Å². The molecule has 1 aromatic heterocycles. The van der Waals surface area contributed by atoms with Crippen LogP contribution in [0.1, 0.15) is 16.8 Å². The first kappa shape index (κ1) is 14.3. The number of amides is 1. The van der Waals surface area contributed by atoms with E-state index in [1.165, 1.54) is 6.20 Å². The van der Waals surface area contributed by atoms with Crippen LogP contribution >= 0.6 is 0 Å². The molecule has 0 radical (unpaired) electrons. The van der Waals surface area contributed by atoms with E-state index in [0.717, 1.165) is 6.54 Å². The minimum Gasteiger partial charge on any atom is -0.369 e. The molecule has 3 rings (SSSR count). The molecule has 0 aliphatic carbocycles. The van der Waals surface area contributed by atoms with Gasteiger partial charge < -0.3 is 16.4 Å². The molecular weight excluding hydrogens is 294 g/mol. The fourth-order valence-corrected chi connectivity index (χ4v) is 4.57. The van der Waals surface area contributed by atoms with Gasteiger partial charge in [-0.3, -0.25) is 4.79 Å². The van der Waals surface area contributed by atoms with Crippen LogP contribution in [0.3, 0.4) is 0 Å². The second-order valence-electron chi connectivity index (χ2n) is 5.71. The van der Waals surface area contributed by atoms with Gasteiger partial charge in [0.2, 0.25) is 0 Å². The van der Waals surface area contributed by atoms with Crippen molar-refractivity contribution in [1.29, 1.82) is 0 Å². The Morgan fingerprint density at radius 3 is 3.05 bits per heavy atom. The van der Waals surface area contributed by atoms with Gasteiger partial charge in [-0.15, -0.1) is 0 Å². The van der Waals surface area contributed by atoms with E-state index in [2.05, 4.69) is 15.7 Å². The zero-order valence-electron chi connectivity index (χ0n) is 11.6. The van der Waals surface area contributed by atoms with E-state index >= 15 is 0 Å². The molecular formula is C12H19N5O3S. The van der Waals surface area contributed by atoms with Gasteiger partial charge in [-0.05, 0) is 6.42 Å². The first-order chi connectivity index (χ1) is 9.94. The molecule has 1 amide bonds. The quantitative estimate of drug-likeness (QED) is 0.642. The maximum absolute atomic E-state index is 11.4. The summed E-state index contributed by atoms with van der Waals surface area (Å²) >= 11 is 0. The molecule has 1 aromatic rings. The summed E-state index contributed by atoms with van der Waals surface area (Å²) in [5.41, 5.74) is 5.69. The summed E-state index contributed by atoms with van der Waals surface area (Å²) in [6.45, 7) is 2.11. The summed E-state index contributed by atoms with van der Waals surface area (Å²) in [6, 6.07) is 0.0511. The standard InChI is InChI=1S/C12H19N5O3S/c13-11(18)10-5-16-17-6-8(4-15-12(10)17)3-14-9-1-2-21(19,20)7-9/h5,8-9,14-15H,1-4,6-7H2,(H2,13,18)/t8-,9+/m0/s1. The number of carbonyl (C=O) groups is 1. The first-order valence-corrected chi connectivity index (χ1v) is 8.80. The third kappa shape index (κ3) is 3.03. The van der Waals surface area contributed by atoms with Crippen molar-refractivity contribution in [1.82, 2.24) is 15.1 Å². The van der Waals surface area contributed by atoms with Crippen LogP contribution in [0.4, 0.5) is 5.82 Å². The summed E-state index contributed by atoms with van der Waals surface area (Å²) in [5, 5.41) is 10.7. The molecule has 1 saturated heterocycles. The lowest BCUT2D eigenvalue weighted by atomic mass is 10.1. The maximum Gasteiger partial charge on any atom is 0.254 e. The fourth-order valence-electron chi connectivity index (χ4n) is 2.87. The molecule has 0 aromatic carbocycles. The highest BCUT2D eigenvalue weighted by atomic mass is 32.2. The van der Waals surface area contributed by atoms with Crippen LogP contribution in [-0.4, -0.2) is 54.7 Å². The van der Waals surface area contributed by atoms with Crippen LogP contribution in [-0.2, 0) is 16.4 Å². The first-order valence-electron chi connectivity index (χ1n) is 6.98. The van der Waals surface area contributed by atoms with Crippen LogP contribution in [0.25, 0.3) is 0 Å². The molecule has 1 fully saturated rings. The van der Waals surface area contributed by atoms with Gasteiger partial charge in [0.1, 0.15) is 11.4 Å². The smallest absolute Gasteiger partial charge is 0.254 e. The summed E-state index contributed by atoms with van der Waals surface area (Å²) < 4.78 is 24.6. The number of hydrogen-bond acceptors (Lipinski definition) is 6. The monoisotopic (exact) mass is 313 g/mol. The average Bonchev–Trinajstić information content (AvgIpc) is 2.99. The van der Waals surface area contributed by atoms with Gasteiger partial charge in [-0.2, -0.15) is 5.10 Å². The zero-order valence-corrected chi connectivity index (χ0v) is 12.4. The molecule has 3 heterocycles. The van der Waals surface area contributed by atoms with E-state index in [-0.39, 0.29) is 17.5 Å². The third-order valence-electron chi connectivity index (χ3n) is 4.02. The highest BCUT2D eigenvalue weighted by Gasteiger charge is 2.29. The number of nitrogens with two attached hydrogens (primary N) is 1.